The van der Waals surface area contributed by atoms with Crippen molar-refractivity contribution in [3.63, 3.8) is 0 Å². The standard InChI is InChI=1S/C17H19ClFN3O/c1-2-6-20-8-10-21(11-9-20)16-5-7-22(17(16)23)13-3-4-14(18)15(19)12-13/h1,3-4,12,16H,5-11H2/t16-/m1/s1. The number of hydrogen-bond donors (Lipinski definition) is 0. The average Bonchev–Trinajstić information content (AvgIpc) is 2.93. The lowest BCUT2D eigenvalue weighted by Gasteiger charge is -2.36. The molecule has 1 aromatic carbocycles. The van der Waals surface area contributed by atoms with Crippen molar-refractivity contribution < 1.29 is 9.18 Å². The summed E-state index contributed by atoms with van der Waals surface area (Å²) in [6.45, 7) is 4.69. The monoisotopic (exact) mass is 335 g/mol. The van der Waals surface area contributed by atoms with Crippen LogP contribution in [0.3, 0.4) is 0 Å². The molecule has 23 heavy (non-hydrogen) atoms. The number of halogens is 2. The van der Waals surface area contributed by atoms with Crippen LogP contribution in [0.4, 0.5) is 10.1 Å². The van der Waals surface area contributed by atoms with Crippen LogP contribution in [-0.4, -0.2) is 61.0 Å². The Bertz CT molecular complexity index is 637. The zero-order valence-corrected chi connectivity index (χ0v) is 13.6. The van der Waals surface area contributed by atoms with Gasteiger partial charge in [0.05, 0.1) is 17.6 Å². The van der Waals surface area contributed by atoms with Crippen LogP contribution < -0.4 is 4.90 Å². The molecule has 0 unspecified atom stereocenters. The van der Waals surface area contributed by atoms with Crippen molar-refractivity contribution >= 4 is 23.2 Å². The zero-order valence-electron chi connectivity index (χ0n) is 12.8. The van der Waals surface area contributed by atoms with E-state index in [1.165, 1.54) is 12.1 Å². The third-order valence-corrected chi connectivity index (χ3v) is 4.86. The van der Waals surface area contributed by atoms with Crippen LogP contribution in [-0.2, 0) is 4.79 Å². The van der Waals surface area contributed by atoms with Gasteiger partial charge in [-0.25, -0.2) is 4.39 Å². The fraction of sp³-hybridized carbons (Fsp3) is 0.471. The summed E-state index contributed by atoms with van der Waals surface area (Å²) in [6, 6.07) is 4.39. The van der Waals surface area contributed by atoms with Crippen molar-refractivity contribution in [1.29, 1.82) is 0 Å². The Kier molecular flexibility index (Phi) is 4.86. The first-order valence-electron chi connectivity index (χ1n) is 7.76. The van der Waals surface area contributed by atoms with Crippen molar-refractivity contribution in [3.05, 3.63) is 29.0 Å². The molecule has 2 heterocycles. The molecule has 2 aliphatic heterocycles. The number of benzene rings is 1. The van der Waals surface area contributed by atoms with Gasteiger partial charge in [-0.1, -0.05) is 17.5 Å². The Morgan fingerprint density at radius 1 is 1.26 bits per heavy atom. The van der Waals surface area contributed by atoms with Crippen LogP contribution in [0.2, 0.25) is 5.02 Å². The first-order chi connectivity index (χ1) is 11.1. The number of piperazine rings is 1. The molecule has 6 heteroatoms. The van der Waals surface area contributed by atoms with E-state index in [0.29, 0.717) is 18.8 Å². The summed E-state index contributed by atoms with van der Waals surface area (Å²) in [5, 5.41) is 0.0709. The van der Waals surface area contributed by atoms with Gasteiger partial charge in [0.1, 0.15) is 5.82 Å². The maximum absolute atomic E-state index is 13.6. The van der Waals surface area contributed by atoms with E-state index in [-0.39, 0.29) is 17.0 Å². The van der Waals surface area contributed by atoms with Gasteiger partial charge in [-0.3, -0.25) is 14.6 Å². The molecular formula is C17H19ClFN3O. The van der Waals surface area contributed by atoms with Crippen molar-refractivity contribution in [1.82, 2.24) is 9.80 Å². The predicted octanol–water partition coefficient (Wildman–Crippen LogP) is 1.84. The number of rotatable bonds is 3. The number of carbonyl (C=O) groups is 1. The summed E-state index contributed by atoms with van der Waals surface area (Å²) in [6.07, 6.45) is 6.10. The van der Waals surface area contributed by atoms with E-state index < -0.39 is 5.82 Å². The van der Waals surface area contributed by atoms with Crippen molar-refractivity contribution in [2.75, 3.05) is 44.2 Å². The number of nitrogens with zero attached hydrogens (tertiary/aromatic N) is 3. The molecule has 2 saturated heterocycles. The van der Waals surface area contributed by atoms with E-state index in [4.69, 9.17) is 18.0 Å². The zero-order chi connectivity index (χ0) is 16.4. The second kappa shape index (κ2) is 6.88. The molecule has 0 bridgehead atoms. The number of hydrogen-bond acceptors (Lipinski definition) is 3. The Balaban J connectivity index is 1.65. The highest BCUT2D eigenvalue weighted by molar-refractivity contribution is 6.30. The molecular weight excluding hydrogens is 317 g/mol. The lowest BCUT2D eigenvalue weighted by Crippen LogP contribution is -2.52. The number of anilines is 1. The van der Waals surface area contributed by atoms with Crippen molar-refractivity contribution in [2.45, 2.75) is 12.5 Å². The van der Waals surface area contributed by atoms with Gasteiger partial charge in [0.25, 0.3) is 0 Å². The highest BCUT2D eigenvalue weighted by Gasteiger charge is 2.37. The topological polar surface area (TPSA) is 26.8 Å². The average molecular weight is 336 g/mol. The number of amides is 1. The molecule has 0 saturated carbocycles. The van der Waals surface area contributed by atoms with E-state index in [1.54, 1.807) is 11.0 Å². The molecule has 0 radical (unpaired) electrons. The van der Waals surface area contributed by atoms with E-state index in [0.717, 1.165) is 32.6 Å². The predicted molar refractivity (Wildman–Crippen MR) is 89.0 cm³/mol. The smallest absolute Gasteiger partial charge is 0.244 e. The minimum absolute atomic E-state index is 0.0390. The third kappa shape index (κ3) is 3.35. The molecule has 1 atom stereocenters. The van der Waals surface area contributed by atoms with Crippen LogP contribution in [0.15, 0.2) is 18.2 Å². The normalized spacial score (nSPS) is 23.3. The summed E-state index contributed by atoms with van der Waals surface area (Å²) in [4.78, 5) is 18.8. The third-order valence-electron chi connectivity index (χ3n) is 4.55. The van der Waals surface area contributed by atoms with Crippen LogP contribution in [0, 0.1) is 18.2 Å². The number of terminal acetylenes is 1. The van der Waals surface area contributed by atoms with Gasteiger partial charge >= 0.3 is 0 Å². The molecule has 2 aliphatic rings. The van der Waals surface area contributed by atoms with Crippen LogP contribution in [0.5, 0.6) is 0 Å². The summed E-state index contributed by atoms with van der Waals surface area (Å²) in [7, 11) is 0. The molecule has 2 fully saturated rings. The van der Waals surface area contributed by atoms with Gasteiger partial charge in [0.15, 0.2) is 0 Å². The molecule has 0 spiro atoms. The molecule has 1 amide bonds. The maximum Gasteiger partial charge on any atom is 0.244 e. The van der Waals surface area contributed by atoms with Gasteiger partial charge in [-0.2, -0.15) is 0 Å². The van der Waals surface area contributed by atoms with Crippen molar-refractivity contribution in [3.8, 4) is 12.3 Å². The molecule has 1 aromatic rings. The summed E-state index contributed by atoms with van der Waals surface area (Å²) >= 11 is 5.71. The lowest BCUT2D eigenvalue weighted by molar-refractivity contribution is -0.122. The molecule has 122 valence electrons. The van der Waals surface area contributed by atoms with Crippen LogP contribution in [0.25, 0.3) is 0 Å². The second-order valence-electron chi connectivity index (χ2n) is 5.91. The lowest BCUT2D eigenvalue weighted by atomic mass is 10.2. The van der Waals surface area contributed by atoms with E-state index in [1.807, 2.05) is 0 Å². The minimum Gasteiger partial charge on any atom is -0.311 e. The minimum atomic E-state index is -0.497. The van der Waals surface area contributed by atoms with Crippen LogP contribution >= 0.6 is 11.6 Å². The Morgan fingerprint density at radius 3 is 2.65 bits per heavy atom. The second-order valence-corrected chi connectivity index (χ2v) is 6.32. The highest BCUT2D eigenvalue weighted by Crippen LogP contribution is 2.27. The molecule has 3 rings (SSSR count). The largest absolute Gasteiger partial charge is 0.311 e. The van der Waals surface area contributed by atoms with E-state index >= 15 is 0 Å². The van der Waals surface area contributed by atoms with Gasteiger partial charge in [-0.05, 0) is 24.6 Å². The van der Waals surface area contributed by atoms with E-state index in [2.05, 4.69) is 15.7 Å². The van der Waals surface area contributed by atoms with Gasteiger partial charge in [0, 0.05) is 38.4 Å². The molecule has 0 N–H and O–H groups in total. The first kappa shape index (κ1) is 16.3. The fourth-order valence-electron chi connectivity index (χ4n) is 3.28. The summed E-state index contributed by atoms with van der Waals surface area (Å²) in [5.74, 6) is 2.20. The highest BCUT2D eigenvalue weighted by atomic mass is 35.5. The maximum atomic E-state index is 13.6. The van der Waals surface area contributed by atoms with Gasteiger partial charge in [-0.15, -0.1) is 6.42 Å². The van der Waals surface area contributed by atoms with Gasteiger partial charge in [0.2, 0.25) is 5.91 Å². The van der Waals surface area contributed by atoms with Crippen LogP contribution in [0.1, 0.15) is 6.42 Å². The summed E-state index contributed by atoms with van der Waals surface area (Å²) in [5.41, 5.74) is 0.574. The van der Waals surface area contributed by atoms with Crippen molar-refractivity contribution in [2.24, 2.45) is 0 Å². The fourth-order valence-corrected chi connectivity index (χ4v) is 3.39. The molecule has 0 aliphatic carbocycles. The Labute approximate surface area is 140 Å². The molecule has 4 nitrogen and oxygen atoms in total. The van der Waals surface area contributed by atoms with Gasteiger partial charge < -0.3 is 4.90 Å². The summed E-state index contributed by atoms with van der Waals surface area (Å²) < 4.78 is 13.6. The SMILES string of the molecule is C#CCN1CCN([C@@H]2CCN(c3ccc(Cl)c(F)c3)C2=O)CC1. The molecule has 0 aromatic heterocycles. The van der Waals surface area contributed by atoms with E-state index in [9.17, 15) is 9.18 Å². The number of carbonyl (C=O) groups excluding carboxylic acids is 1. The quantitative estimate of drug-likeness (QED) is 0.789. The first-order valence-corrected chi connectivity index (χ1v) is 8.14. The Hall–Kier alpha value is -1.61. The Morgan fingerprint density at radius 2 is 2.00 bits per heavy atom.